The molecule has 1 aromatic carbocycles. The van der Waals surface area contributed by atoms with Crippen LogP contribution in [0.4, 0.5) is 5.82 Å². The molecule has 0 spiro atoms. The van der Waals surface area contributed by atoms with Gasteiger partial charge in [-0.1, -0.05) is 64.6 Å². The van der Waals surface area contributed by atoms with Crippen LogP contribution in [0.5, 0.6) is 0 Å². The molecular formula is C21H19Cl3N4O3. The Hall–Kier alpha value is -2.61. The zero-order valence-electron chi connectivity index (χ0n) is 16.9. The topological polar surface area (TPSA) is 86.1 Å². The molecule has 162 valence electrons. The molecule has 2 heterocycles. The van der Waals surface area contributed by atoms with E-state index in [0.717, 1.165) is 11.1 Å². The number of pyridine rings is 1. The van der Waals surface area contributed by atoms with E-state index in [-0.39, 0.29) is 21.6 Å². The number of carbonyl (C=O) groups excluding carboxylic acids is 2. The molecule has 0 saturated heterocycles. The van der Waals surface area contributed by atoms with E-state index in [0.29, 0.717) is 17.3 Å². The van der Waals surface area contributed by atoms with Crippen LogP contribution in [-0.4, -0.2) is 32.7 Å². The summed E-state index contributed by atoms with van der Waals surface area (Å²) in [6.07, 6.45) is 0.211. The number of esters is 1. The first-order valence-electron chi connectivity index (χ1n) is 9.27. The molecule has 0 aliphatic heterocycles. The van der Waals surface area contributed by atoms with Crippen LogP contribution in [0, 0.1) is 13.8 Å². The maximum atomic E-state index is 12.7. The van der Waals surface area contributed by atoms with Gasteiger partial charge in [0.05, 0.1) is 22.3 Å². The molecule has 0 radical (unpaired) electrons. The highest BCUT2D eigenvalue weighted by atomic mass is 35.5. The Bertz CT molecular complexity index is 1130. The van der Waals surface area contributed by atoms with Crippen molar-refractivity contribution in [2.75, 3.05) is 5.32 Å². The number of ether oxygens (including phenoxy) is 1. The number of carbonyl (C=O) groups is 2. The number of halogens is 3. The van der Waals surface area contributed by atoms with Crippen molar-refractivity contribution < 1.29 is 14.3 Å². The molecule has 3 rings (SSSR count). The van der Waals surface area contributed by atoms with Gasteiger partial charge in [-0.2, -0.15) is 5.10 Å². The van der Waals surface area contributed by atoms with Gasteiger partial charge in [-0.05, 0) is 32.4 Å². The van der Waals surface area contributed by atoms with Crippen LogP contribution in [0.15, 0.2) is 36.5 Å². The fourth-order valence-corrected chi connectivity index (χ4v) is 3.49. The number of amides is 1. The second-order valence-corrected chi connectivity index (χ2v) is 8.12. The predicted octanol–water partition coefficient (Wildman–Crippen LogP) is 5.09. The fourth-order valence-electron chi connectivity index (χ4n) is 2.75. The third-order valence-corrected chi connectivity index (χ3v) is 5.30. The SMILES string of the molecule is Cc1ccc(Cn2nc(C)c(C(=O)OC(C)C(=O)Nc3ncc(Cl)cc3Cl)c2Cl)cc1. The van der Waals surface area contributed by atoms with Crippen molar-refractivity contribution in [2.24, 2.45) is 0 Å². The lowest BCUT2D eigenvalue weighted by Crippen LogP contribution is -2.30. The predicted molar refractivity (Wildman–Crippen MR) is 120 cm³/mol. The number of nitrogens with zero attached hydrogens (tertiary/aromatic N) is 3. The number of rotatable bonds is 6. The number of aromatic nitrogens is 3. The van der Waals surface area contributed by atoms with Gasteiger partial charge in [0.2, 0.25) is 0 Å². The number of hydrogen-bond donors (Lipinski definition) is 1. The van der Waals surface area contributed by atoms with Crippen molar-refractivity contribution in [3.05, 3.63) is 74.1 Å². The summed E-state index contributed by atoms with van der Waals surface area (Å²) in [7, 11) is 0. The lowest BCUT2D eigenvalue weighted by Gasteiger charge is -2.14. The maximum Gasteiger partial charge on any atom is 0.343 e. The first kappa shape index (κ1) is 23.1. The molecule has 0 bridgehead atoms. The zero-order valence-corrected chi connectivity index (χ0v) is 19.2. The van der Waals surface area contributed by atoms with E-state index in [1.165, 1.54) is 23.9 Å². The van der Waals surface area contributed by atoms with Gasteiger partial charge >= 0.3 is 5.97 Å². The highest BCUT2D eigenvalue weighted by Crippen LogP contribution is 2.24. The van der Waals surface area contributed by atoms with Crippen molar-refractivity contribution >= 4 is 52.5 Å². The summed E-state index contributed by atoms with van der Waals surface area (Å²) in [6.45, 7) is 5.47. The third kappa shape index (κ3) is 5.55. The average molecular weight is 482 g/mol. The van der Waals surface area contributed by atoms with Gasteiger partial charge < -0.3 is 10.1 Å². The van der Waals surface area contributed by atoms with Crippen molar-refractivity contribution in [1.29, 1.82) is 0 Å². The zero-order chi connectivity index (χ0) is 22.7. The third-order valence-electron chi connectivity index (χ3n) is 4.42. The number of anilines is 1. The molecule has 1 amide bonds. The fraction of sp³-hybridized carbons (Fsp3) is 0.238. The number of nitrogens with one attached hydrogen (secondary N) is 1. The Morgan fingerprint density at radius 2 is 1.84 bits per heavy atom. The molecule has 0 saturated carbocycles. The number of hydrogen-bond acceptors (Lipinski definition) is 5. The number of benzene rings is 1. The second kappa shape index (κ2) is 9.68. The van der Waals surface area contributed by atoms with Gasteiger partial charge in [-0.15, -0.1) is 0 Å². The molecule has 0 fully saturated rings. The molecule has 10 heteroatoms. The average Bonchev–Trinajstić information content (AvgIpc) is 2.98. The maximum absolute atomic E-state index is 12.7. The smallest absolute Gasteiger partial charge is 0.343 e. The van der Waals surface area contributed by atoms with E-state index >= 15 is 0 Å². The molecule has 0 aliphatic rings. The molecule has 7 nitrogen and oxygen atoms in total. The molecule has 2 aromatic heterocycles. The largest absolute Gasteiger partial charge is 0.449 e. The van der Waals surface area contributed by atoms with Gasteiger partial charge in [0.25, 0.3) is 5.91 Å². The minimum Gasteiger partial charge on any atom is -0.449 e. The summed E-state index contributed by atoms with van der Waals surface area (Å²) in [4.78, 5) is 29.0. The Kier molecular flexibility index (Phi) is 7.20. The molecule has 3 aromatic rings. The van der Waals surface area contributed by atoms with E-state index in [1.807, 2.05) is 31.2 Å². The first-order chi connectivity index (χ1) is 14.7. The minimum atomic E-state index is -1.13. The Morgan fingerprint density at radius 3 is 2.48 bits per heavy atom. The Morgan fingerprint density at radius 1 is 1.16 bits per heavy atom. The normalized spacial score (nSPS) is 11.8. The molecule has 31 heavy (non-hydrogen) atoms. The lowest BCUT2D eigenvalue weighted by molar-refractivity contribution is -0.123. The summed E-state index contributed by atoms with van der Waals surface area (Å²) in [5.74, 6) is -1.25. The van der Waals surface area contributed by atoms with Crippen LogP contribution < -0.4 is 5.32 Å². The van der Waals surface area contributed by atoms with E-state index in [9.17, 15) is 9.59 Å². The van der Waals surface area contributed by atoms with Gasteiger partial charge in [0.15, 0.2) is 11.9 Å². The van der Waals surface area contributed by atoms with Crippen LogP contribution in [0.1, 0.15) is 34.1 Å². The molecule has 1 unspecified atom stereocenters. The van der Waals surface area contributed by atoms with Crippen molar-refractivity contribution in [3.8, 4) is 0 Å². The highest BCUT2D eigenvalue weighted by Gasteiger charge is 2.26. The van der Waals surface area contributed by atoms with E-state index in [4.69, 9.17) is 39.5 Å². The van der Waals surface area contributed by atoms with Crippen LogP contribution in [0.25, 0.3) is 0 Å². The molecule has 1 atom stereocenters. The number of aryl methyl sites for hydroxylation is 2. The highest BCUT2D eigenvalue weighted by molar-refractivity contribution is 6.36. The summed E-state index contributed by atoms with van der Waals surface area (Å²) >= 11 is 18.2. The van der Waals surface area contributed by atoms with Gasteiger partial charge in [-0.25, -0.2) is 14.5 Å². The molecule has 1 N–H and O–H groups in total. The van der Waals surface area contributed by atoms with E-state index in [2.05, 4.69) is 15.4 Å². The summed E-state index contributed by atoms with van der Waals surface area (Å²) in [6, 6.07) is 9.33. The van der Waals surface area contributed by atoms with Crippen molar-refractivity contribution in [3.63, 3.8) is 0 Å². The Balaban J connectivity index is 1.70. The van der Waals surface area contributed by atoms with Crippen LogP contribution in [0.3, 0.4) is 0 Å². The van der Waals surface area contributed by atoms with Crippen molar-refractivity contribution in [2.45, 2.75) is 33.4 Å². The van der Waals surface area contributed by atoms with Gasteiger partial charge in [0.1, 0.15) is 10.7 Å². The van der Waals surface area contributed by atoms with Gasteiger partial charge in [0, 0.05) is 6.20 Å². The summed E-state index contributed by atoms with van der Waals surface area (Å²) in [5, 5.41) is 7.45. The monoisotopic (exact) mass is 480 g/mol. The van der Waals surface area contributed by atoms with Crippen molar-refractivity contribution in [1.82, 2.24) is 14.8 Å². The second-order valence-electron chi connectivity index (χ2n) is 6.92. The van der Waals surface area contributed by atoms with Crippen LogP contribution in [-0.2, 0) is 16.1 Å². The quantitative estimate of drug-likeness (QED) is 0.496. The van der Waals surface area contributed by atoms with Crippen LogP contribution in [0.2, 0.25) is 15.2 Å². The lowest BCUT2D eigenvalue weighted by atomic mass is 10.1. The Labute approximate surface area is 194 Å². The standard InChI is InChI=1S/C21H19Cl3N4O3/c1-11-4-6-14(7-5-11)10-28-18(24)17(12(2)27-28)21(30)31-13(3)20(29)26-19-16(23)8-15(22)9-25-19/h4-9,13H,10H2,1-3H3,(H,25,26,29). The van der Waals surface area contributed by atoms with E-state index in [1.54, 1.807) is 6.92 Å². The minimum absolute atomic E-state index is 0.107. The van der Waals surface area contributed by atoms with E-state index < -0.39 is 18.0 Å². The summed E-state index contributed by atoms with van der Waals surface area (Å²) in [5.41, 5.74) is 2.63. The first-order valence-corrected chi connectivity index (χ1v) is 10.4. The molecular weight excluding hydrogens is 463 g/mol. The molecule has 0 aliphatic carbocycles. The summed E-state index contributed by atoms with van der Waals surface area (Å²) < 4.78 is 6.80. The van der Waals surface area contributed by atoms with Crippen LogP contribution >= 0.6 is 34.8 Å². The van der Waals surface area contributed by atoms with Gasteiger partial charge in [-0.3, -0.25) is 4.79 Å².